The fourth-order valence-corrected chi connectivity index (χ4v) is 1.46. The van der Waals surface area contributed by atoms with E-state index in [-0.39, 0.29) is 11.6 Å². The van der Waals surface area contributed by atoms with Crippen molar-refractivity contribution >= 4 is 33.8 Å². The Morgan fingerprint density at radius 2 is 2.18 bits per heavy atom. The van der Waals surface area contributed by atoms with E-state index in [1.807, 2.05) is 0 Å². The van der Waals surface area contributed by atoms with E-state index < -0.39 is 4.92 Å². The summed E-state index contributed by atoms with van der Waals surface area (Å²) in [5.74, 6) is -0.213. The molecule has 4 N–H and O–H groups in total. The first-order chi connectivity index (χ1) is 7.91. The lowest BCUT2D eigenvalue weighted by Gasteiger charge is -2.01. The molecule has 0 unspecified atom stereocenters. The van der Waals surface area contributed by atoms with Gasteiger partial charge in [-0.2, -0.15) is 5.10 Å². The minimum Gasteiger partial charge on any atom is -0.369 e. The molecule has 0 spiro atoms. The minimum atomic E-state index is -0.490. The van der Waals surface area contributed by atoms with Crippen LogP contribution in [0.4, 0.5) is 5.69 Å². The van der Waals surface area contributed by atoms with Crippen LogP contribution in [0, 0.1) is 17.0 Å². The molecule has 17 heavy (non-hydrogen) atoms. The first-order valence-electron chi connectivity index (χ1n) is 4.48. The molecule has 0 aliphatic carbocycles. The number of nitrogens with two attached hydrogens (primary N) is 2. The maximum atomic E-state index is 10.8. The van der Waals surface area contributed by atoms with Gasteiger partial charge in [-0.05, 0) is 18.6 Å². The van der Waals surface area contributed by atoms with Crippen molar-refractivity contribution in [2.24, 2.45) is 21.7 Å². The molecule has 1 aromatic carbocycles. The largest absolute Gasteiger partial charge is 0.369 e. The summed E-state index contributed by atoms with van der Waals surface area (Å²) in [5.41, 5.74) is 11.2. The number of benzene rings is 1. The van der Waals surface area contributed by atoms with Gasteiger partial charge in [0.15, 0.2) is 0 Å². The summed E-state index contributed by atoms with van der Waals surface area (Å²) >= 11 is 3.28. The van der Waals surface area contributed by atoms with Crippen LogP contribution in [0.2, 0.25) is 0 Å². The summed E-state index contributed by atoms with van der Waals surface area (Å²) < 4.78 is 0.745. The molecule has 1 rings (SSSR count). The molecular weight excluding hydrogens is 290 g/mol. The molecule has 90 valence electrons. The second-order valence-corrected chi connectivity index (χ2v) is 4.04. The summed E-state index contributed by atoms with van der Waals surface area (Å²) in [6.07, 6.45) is 1.22. The van der Waals surface area contributed by atoms with Crippen LogP contribution < -0.4 is 11.5 Å². The number of rotatable bonds is 3. The van der Waals surface area contributed by atoms with Gasteiger partial charge in [-0.1, -0.05) is 15.9 Å². The van der Waals surface area contributed by atoms with Crippen molar-refractivity contribution in [3.05, 3.63) is 37.8 Å². The number of halogens is 1. The van der Waals surface area contributed by atoms with E-state index in [4.69, 9.17) is 11.5 Å². The van der Waals surface area contributed by atoms with Crippen molar-refractivity contribution in [3.63, 3.8) is 0 Å². The van der Waals surface area contributed by atoms with Gasteiger partial charge in [0.2, 0.25) is 5.96 Å². The zero-order valence-corrected chi connectivity index (χ0v) is 10.5. The second-order valence-electron chi connectivity index (χ2n) is 3.19. The van der Waals surface area contributed by atoms with Gasteiger partial charge in [-0.3, -0.25) is 10.1 Å². The number of guanidine groups is 1. The van der Waals surface area contributed by atoms with Gasteiger partial charge in [-0.25, -0.2) is 0 Å². The van der Waals surface area contributed by atoms with Crippen molar-refractivity contribution < 1.29 is 4.92 Å². The molecule has 0 radical (unpaired) electrons. The third-order valence-corrected chi connectivity index (χ3v) is 2.73. The summed E-state index contributed by atoms with van der Waals surface area (Å²) in [4.78, 5) is 10.3. The van der Waals surface area contributed by atoms with E-state index in [1.54, 1.807) is 13.0 Å². The number of hydrogen-bond donors (Lipinski definition) is 2. The maximum absolute atomic E-state index is 10.8. The van der Waals surface area contributed by atoms with E-state index in [2.05, 4.69) is 26.1 Å². The molecule has 0 saturated heterocycles. The third-order valence-electron chi connectivity index (χ3n) is 1.87. The molecule has 8 heteroatoms. The molecular formula is C9H10BrN5O2. The number of hydrogen-bond acceptors (Lipinski definition) is 4. The molecule has 0 aromatic heterocycles. The van der Waals surface area contributed by atoms with Gasteiger partial charge in [-0.15, -0.1) is 5.10 Å². The monoisotopic (exact) mass is 299 g/mol. The summed E-state index contributed by atoms with van der Waals surface area (Å²) in [5, 5.41) is 17.7. The molecule has 0 heterocycles. The topological polar surface area (TPSA) is 120 Å². The van der Waals surface area contributed by atoms with Crippen LogP contribution in [0.3, 0.4) is 0 Å². The van der Waals surface area contributed by atoms with Crippen LogP contribution in [0.15, 0.2) is 26.8 Å². The Morgan fingerprint density at radius 1 is 1.53 bits per heavy atom. The lowest BCUT2D eigenvalue weighted by molar-refractivity contribution is -0.385. The van der Waals surface area contributed by atoms with Crippen LogP contribution in [-0.2, 0) is 0 Å². The number of nitro benzene ring substituents is 1. The van der Waals surface area contributed by atoms with Crippen molar-refractivity contribution in [2.45, 2.75) is 6.92 Å². The second kappa shape index (κ2) is 5.39. The first-order valence-corrected chi connectivity index (χ1v) is 5.27. The van der Waals surface area contributed by atoms with Gasteiger partial charge in [0.1, 0.15) is 0 Å². The summed E-state index contributed by atoms with van der Waals surface area (Å²) in [7, 11) is 0. The molecule has 1 aromatic rings. The highest BCUT2D eigenvalue weighted by molar-refractivity contribution is 9.10. The molecule has 0 saturated carbocycles. The Morgan fingerprint density at radius 3 is 2.71 bits per heavy atom. The predicted octanol–water partition coefficient (Wildman–Crippen LogP) is 1.27. The van der Waals surface area contributed by atoms with Crippen LogP contribution in [-0.4, -0.2) is 17.1 Å². The van der Waals surface area contributed by atoms with E-state index in [0.29, 0.717) is 5.56 Å². The average molecular weight is 300 g/mol. The summed E-state index contributed by atoms with van der Waals surface area (Å²) in [6, 6.07) is 3.03. The van der Waals surface area contributed by atoms with Crippen molar-refractivity contribution in [1.29, 1.82) is 0 Å². The zero-order chi connectivity index (χ0) is 13.0. The van der Waals surface area contributed by atoms with E-state index in [1.165, 1.54) is 12.3 Å². The Bertz CT molecular complexity index is 508. The van der Waals surface area contributed by atoms with Gasteiger partial charge in [0, 0.05) is 10.5 Å². The predicted molar refractivity (Wildman–Crippen MR) is 68.9 cm³/mol. The van der Waals surface area contributed by atoms with Crippen LogP contribution >= 0.6 is 15.9 Å². The standard InChI is InChI=1S/C9H10BrN5O2/c1-5-2-8(15(16)17)6(3-7(5)10)4-13-14-9(11)12/h2-4H,1H3,(H4,11,12,14). The van der Waals surface area contributed by atoms with Gasteiger partial charge in [0.25, 0.3) is 5.69 Å². The number of aryl methyl sites for hydroxylation is 1. The smallest absolute Gasteiger partial charge is 0.278 e. The maximum Gasteiger partial charge on any atom is 0.278 e. The van der Waals surface area contributed by atoms with Gasteiger partial charge >= 0.3 is 0 Å². The molecule has 0 aliphatic heterocycles. The van der Waals surface area contributed by atoms with Crippen LogP contribution in [0.5, 0.6) is 0 Å². The van der Waals surface area contributed by atoms with E-state index >= 15 is 0 Å². The highest BCUT2D eigenvalue weighted by atomic mass is 79.9. The lowest BCUT2D eigenvalue weighted by atomic mass is 10.1. The molecule has 0 aliphatic rings. The van der Waals surface area contributed by atoms with Crippen molar-refractivity contribution in [3.8, 4) is 0 Å². The van der Waals surface area contributed by atoms with Crippen LogP contribution in [0.25, 0.3) is 0 Å². The number of nitrogens with zero attached hydrogens (tertiary/aromatic N) is 3. The highest BCUT2D eigenvalue weighted by Gasteiger charge is 2.14. The van der Waals surface area contributed by atoms with E-state index in [0.717, 1.165) is 10.0 Å². The van der Waals surface area contributed by atoms with Gasteiger partial charge in [0.05, 0.1) is 16.7 Å². The Hall–Kier alpha value is -1.96. The van der Waals surface area contributed by atoms with Crippen molar-refractivity contribution in [1.82, 2.24) is 0 Å². The summed E-state index contributed by atoms with van der Waals surface area (Å²) in [6.45, 7) is 1.76. The van der Waals surface area contributed by atoms with Crippen LogP contribution in [0.1, 0.15) is 11.1 Å². The molecule has 0 bridgehead atoms. The Labute approximate surface area is 105 Å². The average Bonchev–Trinajstić information content (AvgIpc) is 2.22. The number of nitro groups is 1. The van der Waals surface area contributed by atoms with Gasteiger partial charge < -0.3 is 11.5 Å². The minimum absolute atomic E-state index is 0.0553. The lowest BCUT2D eigenvalue weighted by Crippen LogP contribution is -2.21. The van der Waals surface area contributed by atoms with Crippen molar-refractivity contribution in [2.75, 3.05) is 0 Å². The first kappa shape index (κ1) is 13.1. The molecule has 0 fully saturated rings. The van der Waals surface area contributed by atoms with E-state index in [9.17, 15) is 10.1 Å². The fraction of sp³-hybridized carbons (Fsp3) is 0.111. The Balaban J connectivity index is 3.22. The third kappa shape index (κ3) is 3.52. The molecule has 0 amide bonds. The zero-order valence-electron chi connectivity index (χ0n) is 8.92. The molecule has 0 atom stereocenters. The quantitative estimate of drug-likeness (QED) is 0.378. The fourth-order valence-electron chi connectivity index (χ4n) is 1.10. The SMILES string of the molecule is Cc1cc([N+](=O)[O-])c(C=NN=C(N)N)cc1Br. The normalized spacial score (nSPS) is 10.5. The Kier molecular flexibility index (Phi) is 4.16. The molecule has 7 nitrogen and oxygen atoms in total. The highest BCUT2D eigenvalue weighted by Crippen LogP contribution is 2.25.